The molecule has 106 valence electrons. The van der Waals surface area contributed by atoms with Crippen LogP contribution in [0.4, 0.5) is 0 Å². The van der Waals surface area contributed by atoms with Crippen LogP contribution in [0.2, 0.25) is 6.32 Å². The van der Waals surface area contributed by atoms with Gasteiger partial charge in [0, 0.05) is 11.2 Å². The molecule has 5 heteroatoms. The smallest absolute Gasteiger partial charge is 0.403 e. The van der Waals surface area contributed by atoms with Crippen molar-refractivity contribution >= 4 is 24.5 Å². The molecule has 2 rings (SSSR count). The van der Waals surface area contributed by atoms with Crippen molar-refractivity contribution in [2.75, 3.05) is 0 Å². The molecule has 1 fully saturated rings. The zero-order chi connectivity index (χ0) is 14.8. The normalized spacial score (nSPS) is 22.1. The number of nitrogens with zero attached hydrogens (tertiary/aromatic N) is 1. The lowest BCUT2D eigenvalue weighted by molar-refractivity contribution is 0.00578. The fraction of sp³-hybridized carbons (Fsp3) is 0.533. The SMILES string of the molecule is CC1(C)OB(C[C@H](C#N)/C=C/c2cccs2)OC1(C)C. The van der Waals surface area contributed by atoms with Crippen molar-refractivity contribution in [3.05, 3.63) is 28.5 Å². The van der Waals surface area contributed by atoms with E-state index in [4.69, 9.17) is 9.31 Å². The molecule has 1 aromatic heterocycles. The maximum Gasteiger partial charge on any atom is 0.459 e. The Morgan fingerprint density at radius 2 is 2.00 bits per heavy atom. The maximum absolute atomic E-state index is 9.27. The molecule has 3 nitrogen and oxygen atoms in total. The first kappa shape index (κ1) is 15.3. The van der Waals surface area contributed by atoms with Gasteiger partial charge in [0.2, 0.25) is 0 Å². The third-order valence-electron chi connectivity index (χ3n) is 3.95. The van der Waals surface area contributed by atoms with Gasteiger partial charge < -0.3 is 9.31 Å². The predicted octanol–water partition coefficient (Wildman–Crippen LogP) is 3.99. The second-order valence-corrected chi connectivity index (χ2v) is 7.01. The van der Waals surface area contributed by atoms with Crippen LogP contribution in [-0.2, 0) is 9.31 Å². The molecule has 0 aliphatic carbocycles. The molecule has 1 aliphatic heterocycles. The van der Waals surface area contributed by atoms with Gasteiger partial charge in [-0.2, -0.15) is 5.26 Å². The largest absolute Gasteiger partial charge is 0.459 e. The molecule has 1 aromatic rings. The molecule has 20 heavy (non-hydrogen) atoms. The lowest BCUT2D eigenvalue weighted by atomic mass is 9.77. The number of hydrogen-bond donors (Lipinski definition) is 0. The second kappa shape index (κ2) is 5.73. The van der Waals surface area contributed by atoms with E-state index in [1.165, 1.54) is 0 Å². The number of thiophene rings is 1. The first-order valence-corrected chi connectivity index (χ1v) is 7.69. The van der Waals surface area contributed by atoms with Crippen molar-refractivity contribution < 1.29 is 9.31 Å². The first-order chi connectivity index (χ1) is 9.34. The van der Waals surface area contributed by atoms with Crippen molar-refractivity contribution in [2.45, 2.75) is 45.2 Å². The third-order valence-corrected chi connectivity index (χ3v) is 4.79. The van der Waals surface area contributed by atoms with Crippen LogP contribution in [0.25, 0.3) is 6.08 Å². The molecule has 0 unspecified atom stereocenters. The van der Waals surface area contributed by atoms with E-state index < -0.39 is 0 Å². The van der Waals surface area contributed by atoms with Crippen molar-refractivity contribution in [2.24, 2.45) is 5.92 Å². The first-order valence-electron chi connectivity index (χ1n) is 6.81. The second-order valence-electron chi connectivity index (χ2n) is 6.03. The highest BCUT2D eigenvalue weighted by Gasteiger charge is 2.51. The van der Waals surface area contributed by atoms with Crippen LogP contribution in [0.5, 0.6) is 0 Å². The van der Waals surface area contributed by atoms with Gasteiger partial charge in [0.15, 0.2) is 0 Å². The summed E-state index contributed by atoms with van der Waals surface area (Å²) >= 11 is 1.66. The molecule has 0 spiro atoms. The van der Waals surface area contributed by atoms with Gasteiger partial charge in [-0.3, -0.25) is 0 Å². The van der Waals surface area contributed by atoms with E-state index >= 15 is 0 Å². The van der Waals surface area contributed by atoms with Gasteiger partial charge >= 0.3 is 7.12 Å². The van der Waals surface area contributed by atoms with Crippen molar-refractivity contribution in [3.8, 4) is 6.07 Å². The van der Waals surface area contributed by atoms with Crippen LogP contribution in [0.15, 0.2) is 23.6 Å². The average Bonchev–Trinajstić information content (AvgIpc) is 2.91. The minimum atomic E-state index is -0.338. The van der Waals surface area contributed by atoms with E-state index in [-0.39, 0.29) is 24.2 Å². The summed E-state index contributed by atoms with van der Waals surface area (Å²) in [4.78, 5) is 1.15. The van der Waals surface area contributed by atoms with Crippen molar-refractivity contribution in [1.29, 1.82) is 5.26 Å². The van der Waals surface area contributed by atoms with E-state index in [9.17, 15) is 5.26 Å². The molecule has 2 heterocycles. The molecule has 0 N–H and O–H groups in total. The van der Waals surface area contributed by atoms with Crippen LogP contribution in [0.3, 0.4) is 0 Å². The fourth-order valence-electron chi connectivity index (χ4n) is 2.04. The van der Waals surface area contributed by atoms with Crippen LogP contribution in [0, 0.1) is 17.2 Å². The molecule has 0 radical (unpaired) electrons. The highest BCUT2D eigenvalue weighted by Crippen LogP contribution is 2.38. The topological polar surface area (TPSA) is 42.2 Å². The van der Waals surface area contributed by atoms with E-state index in [1.807, 2.05) is 57.4 Å². The molecule has 0 bridgehead atoms. The Morgan fingerprint density at radius 1 is 1.35 bits per heavy atom. The molecule has 1 atom stereocenters. The van der Waals surface area contributed by atoms with Gasteiger partial charge in [0.1, 0.15) is 0 Å². The van der Waals surface area contributed by atoms with Gasteiger partial charge in [-0.25, -0.2) is 0 Å². The van der Waals surface area contributed by atoms with E-state index in [0.29, 0.717) is 6.32 Å². The summed E-state index contributed by atoms with van der Waals surface area (Å²) in [6.07, 6.45) is 4.48. The van der Waals surface area contributed by atoms with Crippen molar-refractivity contribution in [1.82, 2.24) is 0 Å². The van der Waals surface area contributed by atoms with Gasteiger partial charge in [-0.05, 0) is 45.2 Å². The van der Waals surface area contributed by atoms with Crippen LogP contribution >= 0.6 is 11.3 Å². The predicted molar refractivity (Wildman–Crippen MR) is 83.3 cm³/mol. The lowest BCUT2D eigenvalue weighted by Gasteiger charge is -2.32. The quantitative estimate of drug-likeness (QED) is 0.787. The summed E-state index contributed by atoms with van der Waals surface area (Å²) in [5.41, 5.74) is -0.676. The fourth-order valence-corrected chi connectivity index (χ4v) is 2.67. The Bertz CT molecular complexity index is 500. The Hall–Kier alpha value is -1.09. The molecule has 1 aliphatic rings. The number of nitriles is 1. The summed E-state index contributed by atoms with van der Waals surface area (Å²) in [7, 11) is -0.322. The minimum absolute atomic E-state index is 0.202. The van der Waals surface area contributed by atoms with Crippen LogP contribution in [0.1, 0.15) is 32.6 Å². The van der Waals surface area contributed by atoms with E-state index in [2.05, 4.69) is 6.07 Å². The molecule has 1 saturated heterocycles. The average molecular weight is 289 g/mol. The van der Waals surface area contributed by atoms with E-state index in [0.717, 1.165) is 4.88 Å². The molecule has 0 aromatic carbocycles. The zero-order valence-corrected chi connectivity index (χ0v) is 13.2. The summed E-state index contributed by atoms with van der Waals surface area (Å²) in [6, 6.07) is 6.34. The standard InChI is InChI=1S/C15H20BNO2S/c1-14(2)15(3,4)19-16(18-14)10-12(11-17)7-8-13-6-5-9-20-13/h5-9,12H,10H2,1-4H3/b8-7+/t12-/m1/s1. The van der Waals surface area contributed by atoms with Crippen LogP contribution < -0.4 is 0 Å². The summed E-state index contributed by atoms with van der Waals surface area (Å²) in [5.74, 6) is -0.202. The summed E-state index contributed by atoms with van der Waals surface area (Å²) in [5, 5.41) is 11.3. The maximum atomic E-state index is 9.27. The van der Waals surface area contributed by atoms with E-state index in [1.54, 1.807) is 11.3 Å². The molecular weight excluding hydrogens is 269 g/mol. The number of hydrogen-bond acceptors (Lipinski definition) is 4. The zero-order valence-electron chi connectivity index (χ0n) is 12.4. The van der Waals surface area contributed by atoms with Gasteiger partial charge in [-0.15, -0.1) is 11.3 Å². The molecule has 0 amide bonds. The Morgan fingerprint density at radius 3 is 2.50 bits per heavy atom. The Labute approximate surface area is 125 Å². The summed E-state index contributed by atoms with van der Waals surface area (Å²) < 4.78 is 11.9. The monoisotopic (exact) mass is 289 g/mol. The van der Waals surface area contributed by atoms with Gasteiger partial charge in [0.05, 0.1) is 23.2 Å². The number of rotatable bonds is 4. The molecular formula is C15H20BNO2S. The lowest BCUT2D eigenvalue weighted by Crippen LogP contribution is -2.41. The minimum Gasteiger partial charge on any atom is -0.403 e. The third kappa shape index (κ3) is 3.32. The Kier molecular flexibility index (Phi) is 4.38. The number of allylic oxidation sites excluding steroid dienone is 1. The molecule has 0 saturated carbocycles. The van der Waals surface area contributed by atoms with Crippen LogP contribution in [-0.4, -0.2) is 18.3 Å². The summed E-state index contributed by atoms with van der Waals surface area (Å²) in [6.45, 7) is 8.09. The van der Waals surface area contributed by atoms with Gasteiger partial charge in [-0.1, -0.05) is 12.1 Å². The van der Waals surface area contributed by atoms with Crippen molar-refractivity contribution in [3.63, 3.8) is 0 Å². The highest BCUT2D eigenvalue weighted by molar-refractivity contribution is 7.10. The van der Waals surface area contributed by atoms with Gasteiger partial charge in [0.25, 0.3) is 0 Å². The Balaban J connectivity index is 1.97. The highest BCUT2D eigenvalue weighted by atomic mass is 32.1.